The summed E-state index contributed by atoms with van der Waals surface area (Å²) in [6, 6.07) is 7.91. The number of benzene rings is 2. The molecule has 2 aromatic carbocycles. The summed E-state index contributed by atoms with van der Waals surface area (Å²) in [4.78, 5) is 25.4. The average Bonchev–Trinajstić information content (AvgIpc) is 3.16. The fraction of sp³-hybridized carbons (Fsp3) is 0.333. The number of anilines is 1. The molecule has 1 aliphatic rings. The van der Waals surface area contributed by atoms with E-state index in [4.69, 9.17) is 14.2 Å². The third kappa shape index (κ3) is 4.29. The molecule has 0 radical (unpaired) electrons. The van der Waals surface area contributed by atoms with Crippen LogP contribution in [-0.2, 0) is 19.6 Å². The van der Waals surface area contributed by atoms with Crippen LogP contribution in [0.5, 0.6) is 17.2 Å². The van der Waals surface area contributed by atoms with Crippen LogP contribution >= 0.6 is 0 Å². The molecule has 9 nitrogen and oxygen atoms in total. The van der Waals surface area contributed by atoms with Gasteiger partial charge in [-0.1, -0.05) is 0 Å². The Hall–Kier alpha value is -3.27. The first kappa shape index (κ1) is 22.4. The summed E-state index contributed by atoms with van der Waals surface area (Å²) in [5.41, 5.74) is 0.935. The smallest absolute Gasteiger partial charge is 0.267 e. The molecule has 166 valence electrons. The van der Waals surface area contributed by atoms with Crippen LogP contribution in [0, 0.1) is 6.92 Å². The number of aryl methyl sites for hydroxylation is 1. The standard InChI is InChI=1S/C21H24N2O7S/c1-13-11-15(6-9-18(13)29-3)31(26,27)23-17(8-10-20(23)24)21(25)22-16-7-5-14(28-2)12-19(16)30-4/h5-7,9,11-12,17H,8,10H2,1-4H3,(H,22,25)/t17-/m0/s1. The lowest BCUT2D eigenvalue weighted by Gasteiger charge is -2.24. The largest absolute Gasteiger partial charge is 0.497 e. The number of rotatable bonds is 7. The third-order valence-corrected chi connectivity index (χ3v) is 6.88. The summed E-state index contributed by atoms with van der Waals surface area (Å²) in [5.74, 6) is 0.146. The van der Waals surface area contributed by atoms with Gasteiger partial charge in [-0.2, -0.15) is 0 Å². The third-order valence-electron chi connectivity index (χ3n) is 5.05. The van der Waals surface area contributed by atoms with E-state index in [1.807, 2.05) is 0 Å². The predicted octanol–water partition coefficient (Wildman–Crippen LogP) is 2.34. The maximum absolute atomic E-state index is 13.2. The first-order valence-electron chi connectivity index (χ1n) is 9.47. The second kappa shape index (κ2) is 8.84. The van der Waals surface area contributed by atoms with Crippen LogP contribution in [0.25, 0.3) is 0 Å². The van der Waals surface area contributed by atoms with Crippen molar-refractivity contribution in [2.45, 2.75) is 30.7 Å². The Labute approximate surface area is 181 Å². The molecule has 10 heteroatoms. The van der Waals surface area contributed by atoms with E-state index in [1.165, 1.54) is 39.5 Å². The zero-order valence-electron chi connectivity index (χ0n) is 17.7. The molecule has 0 saturated carbocycles. The molecule has 0 bridgehead atoms. The van der Waals surface area contributed by atoms with Crippen LogP contribution < -0.4 is 19.5 Å². The van der Waals surface area contributed by atoms with E-state index < -0.39 is 27.9 Å². The minimum atomic E-state index is -4.23. The lowest BCUT2D eigenvalue weighted by Crippen LogP contribution is -2.45. The van der Waals surface area contributed by atoms with Crippen molar-refractivity contribution in [3.63, 3.8) is 0 Å². The van der Waals surface area contributed by atoms with Crippen LogP contribution in [0.15, 0.2) is 41.3 Å². The second-order valence-electron chi connectivity index (χ2n) is 6.94. The van der Waals surface area contributed by atoms with E-state index in [0.717, 1.165) is 0 Å². The van der Waals surface area contributed by atoms with Crippen LogP contribution in [0.3, 0.4) is 0 Å². The van der Waals surface area contributed by atoms with Crippen molar-refractivity contribution < 1.29 is 32.2 Å². The highest BCUT2D eigenvalue weighted by atomic mass is 32.2. The Morgan fingerprint density at radius 1 is 1.03 bits per heavy atom. The highest BCUT2D eigenvalue weighted by Gasteiger charge is 2.44. The van der Waals surface area contributed by atoms with Gasteiger partial charge in [0.25, 0.3) is 10.0 Å². The van der Waals surface area contributed by atoms with Crippen LogP contribution in [0.1, 0.15) is 18.4 Å². The number of methoxy groups -OCH3 is 3. The number of sulfonamides is 1. The van der Waals surface area contributed by atoms with Crippen molar-refractivity contribution in [2.24, 2.45) is 0 Å². The summed E-state index contributed by atoms with van der Waals surface area (Å²) >= 11 is 0. The number of carbonyl (C=O) groups is 2. The first-order valence-corrected chi connectivity index (χ1v) is 10.9. The van der Waals surface area contributed by atoms with Gasteiger partial charge in [0.15, 0.2) is 0 Å². The fourth-order valence-electron chi connectivity index (χ4n) is 3.44. The molecule has 0 spiro atoms. The molecular formula is C21H24N2O7S. The zero-order chi connectivity index (χ0) is 22.8. The van der Waals surface area contributed by atoms with Gasteiger partial charge in [0.05, 0.1) is 31.9 Å². The number of hydrogen-bond donors (Lipinski definition) is 1. The van der Waals surface area contributed by atoms with Gasteiger partial charge in [-0.25, -0.2) is 12.7 Å². The van der Waals surface area contributed by atoms with Gasteiger partial charge in [0.2, 0.25) is 11.8 Å². The zero-order valence-corrected chi connectivity index (χ0v) is 18.5. The highest BCUT2D eigenvalue weighted by molar-refractivity contribution is 7.89. The lowest BCUT2D eigenvalue weighted by molar-refractivity contribution is -0.128. The lowest BCUT2D eigenvalue weighted by atomic mass is 10.2. The number of ether oxygens (including phenoxy) is 3. The minimum Gasteiger partial charge on any atom is -0.497 e. The average molecular weight is 448 g/mol. The van der Waals surface area contributed by atoms with Gasteiger partial charge in [0.1, 0.15) is 23.3 Å². The van der Waals surface area contributed by atoms with Crippen LogP contribution in [-0.4, -0.2) is 51.9 Å². The second-order valence-corrected chi connectivity index (χ2v) is 8.75. The molecule has 1 N–H and O–H groups in total. The number of hydrogen-bond acceptors (Lipinski definition) is 7. The van der Waals surface area contributed by atoms with Gasteiger partial charge in [-0.3, -0.25) is 9.59 Å². The maximum Gasteiger partial charge on any atom is 0.267 e. The summed E-state index contributed by atoms with van der Waals surface area (Å²) in [7, 11) is 0.186. The molecule has 1 saturated heterocycles. The quantitative estimate of drug-likeness (QED) is 0.692. The van der Waals surface area contributed by atoms with E-state index >= 15 is 0 Å². The molecule has 1 fully saturated rings. The molecule has 31 heavy (non-hydrogen) atoms. The Bertz CT molecular complexity index is 1110. The van der Waals surface area contributed by atoms with Gasteiger partial charge < -0.3 is 19.5 Å². The Morgan fingerprint density at radius 2 is 1.74 bits per heavy atom. The van der Waals surface area contributed by atoms with Gasteiger partial charge in [0, 0.05) is 12.5 Å². The van der Waals surface area contributed by atoms with E-state index in [2.05, 4.69) is 5.32 Å². The molecule has 1 heterocycles. The Kier molecular flexibility index (Phi) is 6.40. The molecular weight excluding hydrogens is 424 g/mol. The molecule has 0 aliphatic carbocycles. The molecule has 0 unspecified atom stereocenters. The molecule has 2 aromatic rings. The highest BCUT2D eigenvalue weighted by Crippen LogP contribution is 2.33. The van der Waals surface area contributed by atoms with E-state index in [-0.39, 0.29) is 17.7 Å². The summed E-state index contributed by atoms with van der Waals surface area (Å²) < 4.78 is 42.7. The van der Waals surface area contributed by atoms with Crippen molar-refractivity contribution in [1.82, 2.24) is 4.31 Å². The van der Waals surface area contributed by atoms with Crippen LogP contribution in [0.4, 0.5) is 5.69 Å². The maximum atomic E-state index is 13.2. The van der Waals surface area contributed by atoms with E-state index in [9.17, 15) is 18.0 Å². The number of nitrogens with zero attached hydrogens (tertiary/aromatic N) is 1. The number of amides is 2. The van der Waals surface area contributed by atoms with Gasteiger partial charge in [-0.05, 0) is 49.2 Å². The van der Waals surface area contributed by atoms with Crippen molar-refractivity contribution in [1.29, 1.82) is 0 Å². The number of carbonyl (C=O) groups excluding carboxylic acids is 2. The molecule has 0 aromatic heterocycles. The SMILES string of the molecule is COc1ccc(NC(=O)[C@@H]2CCC(=O)N2S(=O)(=O)c2ccc(OC)c(C)c2)c(OC)c1. The summed E-state index contributed by atoms with van der Waals surface area (Å²) in [5, 5.41) is 2.66. The Balaban J connectivity index is 1.90. The van der Waals surface area contributed by atoms with Crippen molar-refractivity contribution in [2.75, 3.05) is 26.6 Å². The number of nitrogens with one attached hydrogen (secondary N) is 1. The van der Waals surface area contributed by atoms with Crippen molar-refractivity contribution in [3.05, 3.63) is 42.0 Å². The molecule has 2 amide bonds. The van der Waals surface area contributed by atoms with Crippen molar-refractivity contribution in [3.8, 4) is 17.2 Å². The Morgan fingerprint density at radius 3 is 2.35 bits per heavy atom. The molecule has 1 aliphatic heterocycles. The van der Waals surface area contributed by atoms with E-state index in [1.54, 1.807) is 25.1 Å². The first-order chi connectivity index (χ1) is 14.7. The summed E-state index contributed by atoms with van der Waals surface area (Å²) in [6.45, 7) is 1.70. The topological polar surface area (TPSA) is 111 Å². The fourth-order valence-corrected chi connectivity index (χ4v) is 5.13. The van der Waals surface area contributed by atoms with Crippen molar-refractivity contribution >= 4 is 27.5 Å². The normalized spacial score (nSPS) is 16.2. The minimum absolute atomic E-state index is 0.0494. The van der Waals surface area contributed by atoms with Gasteiger partial charge >= 0.3 is 0 Å². The molecule has 3 rings (SSSR count). The van der Waals surface area contributed by atoms with E-state index in [0.29, 0.717) is 32.8 Å². The summed E-state index contributed by atoms with van der Waals surface area (Å²) in [6.07, 6.45) is 0.0315. The monoisotopic (exact) mass is 448 g/mol. The van der Waals surface area contributed by atoms with Gasteiger partial charge in [-0.15, -0.1) is 0 Å². The predicted molar refractivity (Wildman–Crippen MR) is 113 cm³/mol. The van der Waals surface area contributed by atoms with Crippen LogP contribution in [0.2, 0.25) is 0 Å². The molecule has 1 atom stereocenters.